The maximum Gasteiger partial charge on any atom is 0.111 e. The third kappa shape index (κ3) is 4.92. The maximum atomic E-state index is 6.12. The predicted octanol–water partition coefficient (Wildman–Crippen LogP) is 11.4. The van der Waals surface area contributed by atoms with Gasteiger partial charge in [0, 0.05) is 12.0 Å². The summed E-state index contributed by atoms with van der Waals surface area (Å²) in [6, 6.07) is 26.2. The zero-order valence-electron chi connectivity index (χ0n) is 23.7. The molecule has 0 N–H and O–H groups in total. The van der Waals surface area contributed by atoms with Gasteiger partial charge in [0.2, 0.25) is 0 Å². The van der Waals surface area contributed by atoms with Crippen LogP contribution in [0.1, 0.15) is 44.7 Å². The van der Waals surface area contributed by atoms with Gasteiger partial charge in [-0.2, -0.15) is 0 Å². The second-order valence-electron chi connectivity index (χ2n) is 9.69. The molecule has 1 nitrogen and oxygen atoms in total. The molecule has 6 rings (SSSR count). The maximum absolute atomic E-state index is 6.12. The Balaban J connectivity index is 0.00000158. The van der Waals surface area contributed by atoms with E-state index in [4.69, 9.17) is 4.74 Å². The number of benzene rings is 4. The summed E-state index contributed by atoms with van der Waals surface area (Å²) >= 11 is 0. The summed E-state index contributed by atoms with van der Waals surface area (Å²) in [6.07, 6.45) is 16.4. The Hall–Kier alpha value is -4.62. The Kier molecular flexibility index (Phi) is 8.12. The molecule has 0 aromatic heterocycles. The molecule has 0 saturated carbocycles. The molecule has 0 saturated heterocycles. The zero-order valence-corrected chi connectivity index (χ0v) is 23.7. The number of hydrogen-bond acceptors (Lipinski definition) is 1. The third-order valence-corrected chi connectivity index (χ3v) is 7.49. The van der Waals surface area contributed by atoms with Crippen molar-refractivity contribution in [2.45, 2.75) is 33.6 Å². The van der Waals surface area contributed by atoms with Crippen molar-refractivity contribution in [1.29, 1.82) is 0 Å². The first kappa shape index (κ1) is 27.0. The minimum absolute atomic E-state index is 0.902. The van der Waals surface area contributed by atoms with Crippen molar-refractivity contribution in [3.05, 3.63) is 157 Å². The number of hydrogen-bond donors (Lipinski definition) is 0. The van der Waals surface area contributed by atoms with Crippen molar-refractivity contribution in [3.63, 3.8) is 0 Å². The molecule has 1 aliphatic heterocycles. The number of ether oxygens (including phenoxy) is 1. The normalized spacial score (nSPS) is 17.1. The Labute approximate surface area is 238 Å². The Morgan fingerprint density at radius 1 is 0.825 bits per heavy atom. The van der Waals surface area contributed by atoms with Crippen LogP contribution in [0.3, 0.4) is 0 Å². The highest BCUT2D eigenvalue weighted by Crippen LogP contribution is 2.43. The fraction of sp³-hybridized carbons (Fsp3) is 0.128. The fourth-order valence-corrected chi connectivity index (χ4v) is 5.72. The van der Waals surface area contributed by atoms with Gasteiger partial charge >= 0.3 is 0 Å². The van der Waals surface area contributed by atoms with Gasteiger partial charge in [-0.3, -0.25) is 0 Å². The SMILES string of the molecule is C=C/C(=C\C)c1cccc(-c2c3ccccc3c(C3=C/C(=C)C4=C(CCC=C4)O/C=C\3)c3ccccc23)c1.CC. The van der Waals surface area contributed by atoms with Gasteiger partial charge in [-0.1, -0.05) is 118 Å². The Morgan fingerprint density at radius 2 is 1.48 bits per heavy atom. The number of allylic oxidation sites excluding steroid dienone is 11. The van der Waals surface area contributed by atoms with Crippen molar-refractivity contribution in [3.8, 4) is 11.1 Å². The smallest absolute Gasteiger partial charge is 0.111 e. The molecule has 0 bridgehead atoms. The molecule has 2 aliphatic rings. The van der Waals surface area contributed by atoms with Gasteiger partial charge < -0.3 is 4.74 Å². The highest BCUT2D eigenvalue weighted by atomic mass is 16.5. The van der Waals surface area contributed by atoms with Gasteiger partial charge in [-0.05, 0) is 92.1 Å². The van der Waals surface area contributed by atoms with Gasteiger partial charge in [0.1, 0.15) is 5.76 Å². The topological polar surface area (TPSA) is 9.23 Å². The molecule has 1 heterocycles. The zero-order chi connectivity index (χ0) is 28.1. The largest absolute Gasteiger partial charge is 0.469 e. The summed E-state index contributed by atoms with van der Waals surface area (Å²) < 4.78 is 6.12. The fourth-order valence-electron chi connectivity index (χ4n) is 5.72. The van der Waals surface area contributed by atoms with E-state index in [1.807, 2.05) is 26.2 Å². The molecule has 4 aromatic rings. The summed E-state index contributed by atoms with van der Waals surface area (Å²) in [6.45, 7) is 14.5. The Morgan fingerprint density at radius 3 is 2.10 bits per heavy atom. The molecule has 1 aliphatic carbocycles. The molecular weight excluding hydrogens is 484 g/mol. The number of rotatable bonds is 4. The van der Waals surface area contributed by atoms with E-state index in [1.165, 1.54) is 43.8 Å². The summed E-state index contributed by atoms with van der Waals surface area (Å²) in [5, 5.41) is 4.86. The molecule has 1 heteroatoms. The van der Waals surface area contributed by atoms with Crippen LogP contribution in [0.2, 0.25) is 0 Å². The molecule has 0 amide bonds. The molecule has 0 radical (unpaired) electrons. The second-order valence-corrected chi connectivity index (χ2v) is 9.69. The molecule has 198 valence electrons. The predicted molar refractivity (Wildman–Crippen MR) is 175 cm³/mol. The van der Waals surface area contributed by atoms with Gasteiger partial charge in [-0.25, -0.2) is 0 Å². The second kappa shape index (κ2) is 12.1. The van der Waals surface area contributed by atoms with E-state index in [1.54, 1.807) is 0 Å². The van der Waals surface area contributed by atoms with Crippen LogP contribution in [-0.4, -0.2) is 0 Å². The molecular formula is C39H36O. The van der Waals surface area contributed by atoms with Crippen LogP contribution in [0.5, 0.6) is 0 Å². The van der Waals surface area contributed by atoms with Crippen LogP contribution in [-0.2, 0) is 4.74 Å². The molecule has 0 unspecified atom stereocenters. The summed E-state index contributed by atoms with van der Waals surface area (Å²) in [5.41, 5.74) is 9.08. The first-order valence-electron chi connectivity index (χ1n) is 14.2. The summed E-state index contributed by atoms with van der Waals surface area (Å²) in [5.74, 6) is 0.994. The van der Waals surface area contributed by atoms with Crippen LogP contribution in [0.15, 0.2) is 146 Å². The van der Waals surface area contributed by atoms with E-state index in [0.717, 1.165) is 40.9 Å². The standard InChI is InChI=1S/C37H30O.C2H6/c1-4-26(5-2)27-13-12-14-28(24-27)36-31-16-6-8-18-33(31)37(34-19-9-7-17-32(34)36)29-21-22-38-35-20-11-10-15-30(35)25(3)23-29;1-2/h4-10,12-19,21-24H,1,3,11,20H2,2H3;1-2H3/b22-21-,26-5+,29-23+;. The third-order valence-electron chi connectivity index (χ3n) is 7.49. The van der Waals surface area contributed by atoms with E-state index >= 15 is 0 Å². The summed E-state index contributed by atoms with van der Waals surface area (Å²) in [4.78, 5) is 0. The highest BCUT2D eigenvalue weighted by Gasteiger charge is 2.19. The van der Waals surface area contributed by atoms with Gasteiger partial charge in [0.25, 0.3) is 0 Å². The average molecular weight is 521 g/mol. The van der Waals surface area contributed by atoms with Gasteiger partial charge in [-0.15, -0.1) is 0 Å². The van der Waals surface area contributed by atoms with Crippen LogP contribution >= 0.6 is 0 Å². The van der Waals surface area contributed by atoms with E-state index in [-0.39, 0.29) is 0 Å². The molecule has 0 atom stereocenters. The highest BCUT2D eigenvalue weighted by molar-refractivity contribution is 6.19. The van der Waals surface area contributed by atoms with Crippen molar-refractivity contribution in [2.24, 2.45) is 0 Å². The van der Waals surface area contributed by atoms with Crippen LogP contribution in [0, 0.1) is 0 Å². The van der Waals surface area contributed by atoms with E-state index in [2.05, 4.69) is 123 Å². The average Bonchev–Trinajstić information content (AvgIpc) is 3.00. The van der Waals surface area contributed by atoms with E-state index in [9.17, 15) is 0 Å². The van der Waals surface area contributed by atoms with Crippen LogP contribution in [0.4, 0.5) is 0 Å². The lowest BCUT2D eigenvalue weighted by molar-refractivity contribution is 0.329. The minimum Gasteiger partial charge on any atom is -0.469 e. The van der Waals surface area contributed by atoms with Gasteiger partial charge in [0.05, 0.1) is 6.26 Å². The van der Waals surface area contributed by atoms with Crippen molar-refractivity contribution < 1.29 is 4.74 Å². The first-order chi connectivity index (χ1) is 19.7. The van der Waals surface area contributed by atoms with Crippen LogP contribution < -0.4 is 0 Å². The first-order valence-corrected chi connectivity index (χ1v) is 14.2. The monoisotopic (exact) mass is 520 g/mol. The lowest BCUT2D eigenvalue weighted by Gasteiger charge is -2.21. The van der Waals surface area contributed by atoms with Crippen LogP contribution in [0.25, 0.3) is 43.8 Å². The molecule has 40 heavy (non-hydrogen) atoms. The Bertz CT molecular complexity index is 1710. The van der Waals surface area contributed by atoms with E-state index in [0.29, 0.717) is 0 Å². The van der Waals surface area contributed by atoms with Crippen molar-refractivity contribution in [2.75, 3.05) is 0 Å². The lowest BCUT2D eigenvalue weighted by Crippen LogP contribution is -2.01. The van der Waals surface area contributed by atoms with E-state index < -0.39 is 0 Å². The van der Waals surface area contributed by atoms with Crippen molar-refractivity contribution >= 4 is 32.7 Å². The van der Waals surface area contributed by atoms with Gasteiger partial charge in [0.15, 0.2) is 0 Å². The molecule has 0 fully saturated rings. The molecule has 4 aromatic carbocycles. The number of fused-ring (bicyclic) bond motifs is 2. The minimum atomic E-state index is 0.902. The summed E-state index contributed by atoms with van der Waals surface area (Å²) in [7, 11) is 0. The quantitative estimate of drug-likeness (QED) is 0.192. The lowest BCUT2D eigenvalue weighted by atomic mass is 9.84. The molecule has 0 spiro atoms. The van der Waals surface area contributed by atoms with Crippen molar-refractivity contribution in [1.82, 2.24) is 0 Å².